The first kappa shape index (κ1) is 15.1. The summed E-state index contributed by atoms with van der Waals surface area (Å²) in [6.45, 7) is 0.164. The third-order valence-corrected chi connectivity index (χ3v) is 3.31. The van der Waals surface area contributed by atoms with Crippen LogP contribution in [0, 0.1) is 0 Å². The van der Waals surface area contributed by atoms with Crippen LogP contribution in [0.2, 0.25) is 5.02 Å². The highest BCUT2D eigenvalue weighted by molar-refractivity contribution is 6.31. The van der Waals surface area contributed by atoms with Gasteiger partial charge in [-0.2, -0.15) is 0 Å². The molecule has 0 fully saturated rings. The molecule has 1 heterocycles. The van der Waals surface area contributed by atoms with Gasteiger partial charge in [0.25, 0.3) is 0 Å². The zero-order chi connectivity index (χ0) is 16.1. The second-order valence-corrected chi connectivity index (χ2v) is 5.28. The molecule has 0 radical (unpaired) electrons. The van der Waals surface area contributed by atoms with Crippen molar-refractivity contribution in [2.24, 2.45) is 0 Å². The summed E-state index contributed by atoms with van der Waals surface area (Å²) >= 11 is 6.02. The number of imidazole rings is 1. The van der Waals surface area contributed by atoms with Gasteiger partial charge in [-0.15, -0.1) is 0 Å². The van der Waals surface area contributed by atoms with Crippen LogP contribution in [0.1, 0.15) is 0 Å². The molecule has 0 saturated heterocycles. The first-order valence-electron chi connectivity index (χ1n) is 6.99. The number of ether oxygens (including phenoxy) is 1. The number of aromatic nitrogens is 2. The van der Waals surface area contributed by atoms with E-state index in [4.69, 9.17) is 16.3 Å². The summed E-state index contributed by atoms with van der Waals surface area (Å²) in [5.74, 6) is 1.02. The predicted molar refractivity (Wildman–Crippen MR) is 88.8 cm³/mol. The quantitative estimate of drug-likeness (QED) is 0.771. The van der Waals surface area contributed by atoms with E-state index in [9.17, 15) is 4.79 Å². The molecular formula is C17H14ClN3O2. The van der Waals surface area contributed by atoms with Crippen molar-refractivity contribution in [2.75, 3.05) is 5.32 Å². The first-order chi connectivity index (χ1) is 11.2. The van der Waals surface area contributed by atoms with Gasteiger partial charge in [0.05, 0.1) is 12.0 Å². The maximum Gasteiger partial charge on any atom is 0.244 e. The van der Waals surface area contributed by atoms with Crippen LogP contribution < -0.4 is 10.1 Å². The molecule has 0 aliphatic carbocycles. The lowest BCUT2D eigenvalue weighted by Crippen LogP contribution is -2.18. The first-order valence-corrected chi connectivity index (χ1v) is 7.36. The molecule has 6 heteroatoms. The SMILES string of the molecule is O=C(Cn1ccnc1)Nc1cc(Cl)ccc1Oc1ccccc1. The van der Waals surface area contributed by atoms with Crippen LogP contribution in [-0.2, 0) is 11.3 Å². The molecule has 1 N–H and O–H groups in total. The number of benzene rings is 2. The zero-order valence-corrected chi connectivity index (χ0v) is 12.9. The molecule has 0 aliphatic rings. The molecule has 2 aromatic carbocycles. The Balaban J connectivity index is 1.77. The van der Waals surface area contributed by atoms with Crippen molar-refractivity contribution in [1.82, 2.24) is 9.55 Å². The van der Waals surface area contributed by atoms with E-state index >= 15 is 0 Å². The third-order valence-electron chi connectivity index (χ3n) is 3.07. The lowest BCUT2D eigenvalue weighted by Gasteiger charge is -2.13. The number of carbonyl (C=O) groups excluding carboxylic acids is 1. The Morgan fingerprint density at radius 3 is 2.78 bits per heavy atom. The van der Waals surface area contributed by atoms with Crippen LogP contribution in [0.5, 0.6) is 11.5 Å². The van der Waals surface area contributed by atoms with Gasteiger partial charge in [0.15, 0.2) is 5.75 Å². The lowest BCUT2D eigenvalue weighted by atomic mass is 10.2. The Kier molecular flexibility index (Phi) is 4.59. The molecule has 0 atom stereocenters. The van der Waals surface area contributed by atoms with Gasteiger partial charge in [-0.3, -0.25) is 4.79 Å². The van der Waals surface area contributed by atoms with E-state index in [1.54, 1.807) is 41.5 Å². The van der Waals surface area contributed by atoms with E-state index in [1.807, 2.05) is 30.3 Å². The van der Waals surface area contributed by atoms with Gasteiger partial charge in [-0.05, 0) is 30.3 Å². The average Bonchev–Trinajstić information content (AvgIpc) is 3.04. The summed E-state index contributed by atoms with van der Waals surface area (Å²) in [4.78, 5) is 16.0. The van der Waals surface area contributed by atoms with Crippen LogP contribution in [0.4, 0.5) is 5.69 Å². The summed E-state index contributed by atoms with van der Waals surface area (Å²) in [5, 5.41) is 3.33. The molecule has 0 spiro atoms. The monoisotopic (exact) mass is 327 g/mol. The second-order valence-electron chi connectivity index (χ2n) is 4.84. The highest BCUT2D eigenvalue weighted by atomic mass is 35.5. The van der Waals surface area contributed by atoms with Gasteiger partial charge < -0.3 is 14.6 Å². The number of halogens is 1. The summed E-state index contributed by atoms with van der Waals surface area (Å²) in [6, 6.07) is 14.4. The van der Waals surface area contributed by atoms with Gasteiger partial charge in [0, 0.05) is 17.4 Å². The predicted octanol–water partition coefficient (Wildman–Crippen LogP) is 3.97. The Hall–Kier alpha value is -2.79. The van der Waals surface area contributed by atoms with E-state index in [1.165, 1.54) is 0 Å². The average molecular weight is 328 g/mol. The number of nitrogens with one attached hydrogen (secondary N) is 1. The van der Waals surface area contributed by atoms with E-state index in [2.05, 4.69) is 10.3 Å². The highest BCUT2D eigenvalue weighted by Crippen LogP contribution is 2.31. The normalized spacial score (nSPS) is 10.3. The van der Waals surface area contributed by atoms with Crippen LogP contribution in [0.15, 0.2) is 67.3 Å². The molecule has 1 amide bonds. The number of para-hydroxylation sites is 1. The van der Waals surface area contributed by atoms with Crippen molar-refractivity contribution in [3.63, 3.8) is 0 Å². The number of amides is 1. The topological polar surface area (TPSA) is 56.2 Å². The molecule has 3 rings (SSSR count). The fourth-order valence-electron chi connectivity index (χ4n) is 2.04. The minimum absolute atomic E-state index is 0.164. The Morgan fingerprint density at radius 2 is 2.04 bits per heavy atom. The number of rotatable bonds is 5. The summed E-state index contributed by atoms with van der Waals surface area (Å²) in [7, 11) is 0. The van der Waals surface area contributed by atoms with Crippen molar-refractivity contribution in [3.8, 4) is 11.5 Å². The van der Waals surface area contributed by atoms with E-state index in [-0.39, 0.29) is 12.5 Å². The molecule has 116 valence electrons. The number of nitrogens with zero attached hydrogens (tertiary/aromatic N) is 2. The maximum atomic E-state index is 12.1. The molecule has 0 saturated carbocycles. The number of hydrogen-bond acceptors (Lipinski definition) is 3. The third kappa shape index (κ3) is 4.11. The van der Waals surface area contributed by atoms with Crippen LogP contribution in [0.3, 0.4) is 0 Å². The molecule has 1 aromatic heterocycles. The lowest BCUT2D eigenvalue weighted by molar-refractivity contribution is -0.116. The summed E-state index contributed by atoms with van der Waals surface area (Å²) in [5.41, 5.74) is 0.520. The number of carbonyl (C=O) groups is 1. The number of hydrogen-bond donors (Lipinski definition) is 1. The van der Waals surface area contributed by atoms with Crippen LogP contribution in [-0.4, -0.2) is 15.5 Å². The summed E-state index contributed by atoms with van der Waals surface area (Å²) in [6.07, 6.45) is 4.93. The van der Waals surface area contributed by atoms with Gasteiger partial charge >= 0.3 is 0 Å². The molecule has 3 aromatic rings. The molecule has 0 unspecified atom stereocenters. The van der Waals surface area contributed by atoms with E-state index in [0.717, 1.165) is 0 Å². The fourth-order valence-corrected chi connectivity index (χ4v) is 2.21. The Labute approximate surface area is 138 Å². The number of anilines is 1. The molecule has 0 bridgehead atoms. The van der Waals surface area contributed by atoms with Crippen molar-refractivity contribution < 1.29 is 9.53 Å². The summed E-state index contributed by atoms with van der Waals surface area (Å²) < 4.78 is 7.49. The standard InChI is InChI=1S/C17H14ClN3O2/c18-13-6-7-16(23-14-4-2-1-3-5-14)15(10-13)20-17(22)11-21-9-8-19-12-21/h1-10,12H,11H2,(H,20,22). The van der Waals surface area contributed by atoms with Crippen LogP contribution >= 0.6 is 11.6 Å². The maximum absolute atomic E-state index is 12.1. The highest BCUT2D eigenvalue weighted by Gasteiger charge is 2.10. The smallest absolute Gasteiger partial charge is 0.244 e. The van der Waals surface area contributed by atoms with E-state index < -0.39 is 0 Å². The Morgan fingerprint density at radius 1 is 1.22 bits per heavy atom. The fraction of sp³-hybridized carbons (Fsp3) is 0.0588. The molecule has 23 heavy (non-hydrogen) atoms. The van der Waals surface area contributed by atoms with Gasteiger partial charge in [-0.25, -0.2) is 4.98 Å². The van der Waals surface area contributed by atoms with Gasteiger partial charge in [0.1, 0.15) is 12.3 Å². The Bertz CT molecular complexity index is 789. The van der Waals surface area contributed by atoms with E-state index in [0.29, 0.717) is 22.2 Å². The molecular weight excluding hydrogens is 314 g/mol. The van der Waals surface area contributed by atoms with Gasteiger partial charge in [-0.1, -0.05) is 29.8 Å². The van der Waals surface area contributed by atoms with Crippen molar-refractivity contribution in [2.45, 2.75) is 6.54 Å². The minimum atomic E-state index is -0.192. The molecule has 5 nitrogen and oxygen atoms in total. The zero-order valence-electron chi connectivity index (χ0n) is 12.1. The second kappa shape index (κ2) is 6.98. The largest absolute Gasteiger partial charge is 0.455 e. The van der Waals surface area contributed by atoms with Crippen molar-refractivity contribution in [3.05, 3.63) is 72.3 Å². The van der Waals surface area contributed by atoms with Crippen molar-refractivity contribution >= 4 is 23.2 Å². The minimum Gasteiger partial charge on any atom is -0.455 e. The van der Waals surface area contributed by atoms with Crippen LogP contribution in [0.25, 0.3) is 0 Å². The van der Waals surface area contributed by atoms with Crippen molar-refractivity contribution in [1.29, 1.82) is 0 Å². The molecule has 0 aliphatic heterocycles. The van der Waals surface area contributed by atoms with Gasteiger partial charge in [0.2, 0.25) is 5.91 Å².